The lowest BCUT2D eigenvalue weighted by atomic mass is 9.91. The molecule has 0 spiro atoms. The third-order valence-corrected chi connectivity index (χ3v) is 3.22. The van der Waals surface area contributed by atoms with Crippen molar-refractivity contribution in [1.82, 2.24) is 5.32 Å². The largest absolute Gasteiger partial charge is 0.673 e. The fourth-order valence-corrected chi connectivity index (χ4v) is 1.30. The molecular weight excluding hydrogens is 271 g/mol. The van der Waals surface area contributed by atoms with Crippen molar-refractivity contribution >= 4 is 13.6 Å². The quantitative estimate of drug-likeness (QED) is 0.265. The molecule has 0 aliphatic carbocycles. The Morgan fingerprint density at radius 2 is 1.20 bits per heavy atom. The molecule has 0 aromatic rings. The lowest BCUT2D eigenvalue weighted by Crippen LogP contribution is -2.46. The third kappa shape index (κ3) is 12.3. The standard InChI is InChI=1S/C13H28N2.BF4/c1-10(2)13(7,8)14-9-15(11(3)4)12(5)6;2-1(3,4)5/h9-12H,1-8H3;/q;-1/p+1. The lowest BCUT2D eigenvalue weighted by molar-refractivity contribution is -0.585. The first-order chi connectivity index (χ1) is 8.68. The molecule has 0 unspecified atom stereocenters. The van der Waals surface area contributed by atoms with E-state index >= 15 is 0 Å². The highest BCUT2D eigenvalue weighted by Crippen LogP contribution is 2.13. The summed E-state index contributed by atoms with van der Waals surface area (Å²) < 4.78 is 41.4. The Kier molecular flexibility index (Phi) is 9.18. The molecule has 0 atom stereocenters. The lowest BCUT2D eigenvalue weighted by Gasteiger charge is -2.26. The molecule has 0 aliphatic rings. The van der Waals surface area contributed by atoms with Gasteiger partial charge in [-0.3, -0.25) is 9.89 Å². The van der Waals surface area contributed by atoms with Gasteiger partial charge >= 0.3 is 7.25 Å². The predicted molar refractivity (Wildman–Crippen MR) is 78.8 cm³/mol. The maximum absolute atomic E-state index is 9.75. The number of halogens is 4. The first-order valence-corrected chi connectivity index (χ1v) is 6.94. The topological polar surface area (TPSA) is 15.0 Å². The van der Waals surface area contributed by atoms with Crippen LogP contribution in [0.5, 0.6) is 0 Å². The van der Waals surface area contributed by atoms with E-state index in [4.69, 9.17) is 0 Å². The van der Waals surface area contributed by atoms with E-state index in [9.17, 15) is 17.3 Å². The van der Waals surface area contributed by atoms with E-state index in [1.54, 1.807) is 0 Å². The van der Waals surface area contributed by atoms with Crippen LogP contribution in [0.15, 0.2) is 0 Å². The summed E-state index contributed by atoms with van der Waals surface area (Å²) in [7, 11) is -6.00. The summed E-state index contributed by atoms with van der Waals surface area (Å²) in [6.07, 6.45) is 2.15. The second kappa shape index (κ2) is 8.52. The first kappa shape index (κ1) is 21.6. The maximum Gasteiger partial charge on any atom is 0.673 e. The van der Waals surface area contributed by atoms with Gasteiger partial charge in [-0.05, 0) is 47.5 Å². The summed E-state index contributed by atoms with van der Waals surface area (Å²) in [4.78, 5) is 0. The first-order valence-electron chi connectivity index (χ1n) is 6.94. The van der Waals surface area contributed by atoms with Gasteiger partial charge in [-0.15, -0.1) is 0 Å². The van der Waals surface area contributed by atoms with Crippen LogP contribution >= 0.6 is 0 Å². The SMILES string of the molecule is CC(C)[N+](=CNC(C)(C)C(C)C)C(C)C.F[B-](F)(F)F. The van der Waals surface area contributed by atoms with Gasteiger partial charge in [0.15, 0.2) is 0 Å². The average Bonchev–Trinajstić information content (AvgIpc) is 2.12. The average molecular weight is 300 g/mol. The smallest absolute Gasteiger partial charge is 0.418 e. The Labute approximate surface area is 120 Å². The summed E-state index contributed by atoms with van der Waals surface area (Å²) >= 11 is 0. The van der Waals surface area contributed by atoms with Crippen molar-refractivity contribution in [3.8, 4) is 0 Å². The molecule has 0 saturated heterocycles. The molecule has 0 aliphatic heterocycles. The van der Waals surface area contributed by atoms with Crippen LogP contribution in [0.2, 0.25) is 0 Å². The van der Waals surface area contributed by atoms with E-state index < -0.39 is 7.25 Å². The van der Waals surface area contributed by atoms with Gasteiger partial charge < -0.3 is 17.3 Å². The van der Waals surface area contributed by atoms with Gasteiger partial charge in [0.25, 0.3) is 0 Å². The van der Waals surface area contributed by atoms with Gasteiger partial charge in [0, 0.05) is 0 Å². The Balaban J connectivity index is 0. The van der Waals surface area contributed by atoms with Gasteiger partial charge in [-0.1, -0.05) is 13.8 Å². The minimum atomic E-state index is -6.00. The van der Waals surface area contributed by atoms with Gasteiger partial charge in [0.1, 0.15) is 5.54 Å². The van der Waals surface area contributed by atoms with Gasteiger partial charge in [-0.2, -0.15) is 0 Å². The van der Waals surface area contributed by atoms with E-state index in [0.717, 1.165) is 0 Å². The van der Waals surface area contributed by atoms with Crippen LogP contribution in [-0.2, 0) is 0 Å². The van der Waals surface area contributed by atoms with Crippen LogP contribution < -0.4 is 5.32 Å². The van der Waals surface area contributed by atoms with Crippen LogP contribution in [0.4, 0.5) is 17.3 Å². The Morgan fingerprint density at radius 1 is 0.900 bits per heavy atom. The van der Waals surface area contributed by atoms with Crippen molar-refractivity contribution in [1.29, 1.82) is 0 Å². The zero-order valence-corrected chi connectivity index (χ0v) is 13.8. The normalized spacial score (nSPS) is 12.3. The number of rotatable bonds is 5. The molecule has 0 heterocycles. The van der Waals surface area contributed by atoms with Crippen molar-refractivity contribution < 1.29 is 21.8 Å². The summed E-state index contributed by atoms with van der Waals surface area (Å²) in [6.45, 7) is 17.9. The van der Waals surface area contributed by atoms with Crippen LogP contribution in [0.25, 0.3) is 0 Å². The van der Waals surface area contributed by atoms with E-state index in [-0.39, 0.29) is 5.54 Å². The minimum absolute atomic E-state index is 0.155. The number of hydrogen-bond acceptors (Lipinski definition) is 0. The Morgan fingerprint density at radius 3 is 1.40 bits per heavy atom. The van der Waals surface area contributed by atoms with E-state index in [2.05, 4.69) is 71.6 Å². The molecule has 0 radical (unpaired) electrons. The number of nitrogens with one attached hydrogen (secondary N) is 1. The van der Waals surface area contributed by atoms with E-state index in [0.29, 0.717) is 18.0 Å². The Hall–Kier alpha value is -0.745. The highest BCUT2D eigenvalue weighted by atomic mass is 19.5. The van der Waals surface area contributed by atoms with E-state index in [1.165, 1.54) is 0 Å². The molecular formula is C13H29BF4N2. The molecule has 0 fully saturated rings. The highest BCUT2D eigenvalue weighted by Gasteiger charge is 2.25. The molecule has 1 N–H and O–H groups in total. The molecule has 0 amide bonds. The van der Waals surface area contributed by atoms with Crippen molar-refractivity contribution in [2.75, 3.05) is 0 Å². The Bertz CT molecular complexity index is 281. The van der Waals surface area contributed by atoms with Gasteiger partial charge in [-0.25, -0.2) is 0 Å². The van der Waals surface area contributed by atoms with Crippen molar-refractivity contribution in [2.45, 2.75) is 73.0 Å². The van der Waals surface area contributed by atoms with Crippen molar-refractivity contribution in [3.63, 3.8) is 0 Å². The van der Waals surface area contributed by atoms with Crippen molar-refractivity contribution in [2.24, 2.45) is 5.92 Å². The predicted octanol–water partition coefficient (Wildman–Crippen LogP) is 4.17. The van der Waals surface area contributed by atoms with Crippen LogP contribution in [0.3, 0.4) is 0 Å². The molecule has 0 aromatic carbocycles. The monoisotopic (exact) mass is 300 g/mol. The maximum atomic E-state index is 9.75. The zero-order chi connectivity index (χ0) is 16.7. The van der Waals surface area contributed by atoms with Gasteiger partial charge in [0.05, 0.1) is 12.1 Å². The number of nitrogens with zero attached hydrogens (tertiary/aromatic N) is 1. The van der Waals surface area contributed by atoms with Crippen molar-refractivity contribution in [3.05, 3.63) is 0 Å². The van der Waals surface area contributed by atoms with Crippen LogP contribution in [0, 0.1) is 5.92 Å². The fraction of sp³-hybridized carbons (Fsp3) is 0.923. The third-order valence-electron chi connectivity index (χ3n) is 3.22. The van der Waals surface area contributed by atoms with Crippen LogP contribution in [0.1, 0.15) is 55.4 Å². The molecule has 122 valence electrons. The summed E-state index contributed by atoms with van der Waals surface area (Å²) in [5.74, 6) is 0.620. The van der Waals surface area contributed by atoms with Crippen LogP contribution in [-0.4, -0.2) is 35.8 Å². The molecule has 0 rings (SSSR count). The second-order valence-corrected chi connectivity index (χ2v) is 6.28. The molecule has 20 heavy (non-hydrogen) atoms. The molecule has 0 saturated carbocycles. The minimum Gasteiger partial charge on any atom is -0.418 e. The summed E-state index contributed by atoms with van der Waals surface area (Å²) in [5.41, 5.74) is 0.155. The molecule has 0 bridgehead atoms. The number of hydrogen-bond donors (Lipinski definition) is 1. The highest BCUT2D eigenvalue weighted by molar-refractivity contribution is 6.50. The second-order valence-electron chi connectivity index (χ2n) is 6.28. The molecule has 7 heteroatoms. The molecule has 0 aromatic heterocycles. The van der Waals surface area contributed by atoms with Gasteiger partial charge in [0.2, 0.25) is 6.34 Å². The summed E-state index contributed by atoms with van der Waals surface area (Å²) in [6, 6.07) is 1.08. The summed E-state index contributed by atoms with van der Waals surface area (Å²) in [5, 5.41) is 3.52. The fourth-order valence-electron chi connectivity index (χ4n) is 1.30. The molecule has 2 nitrogen and oxygen atoms in total. The zero-order valence-electron chi connectivity index (χ0n) is 13.8. The van der Waals surface area contributed by atoms with E-state index in [1.807, 2.05) is 0 Å².